The summed E-state index contributed by atoms with van der Waals surface area (Å²) in [5, 5.41) is 14.3. The molecule has 1 aromatic heterocycles. The number of tetrazole rings is 1. The molecule has 3 aromatic rings. The van der Waals surface area contributed by atoms with E-state index in [1.165, 1.54) is 24.0 Å². The first kappa shape index (κ1) is 26.1. The Balaban J connectivity index is 1.73. The highest BCUT2D eigenvalue weighted by atomic mass is 35.5. The van der Waals surface area contributed by atoms with E-state index in [1.54, 1.807) is 54.8 Å². The summed E-state index contributed by atoms with van der Waals surface area (Å²) >= 11 is 6.11. The molecule has 0 aliphatic carbocycles. The van der Waals surface area contributed by atoms with E-state index in [0.717, 1.165) is 5.56 Å². The predicted molar refractivity (Wildman–Crippen MR) is 134 cm³/mol. The molecule has 0 saturated carbocycles. The van der Waals surface area contributed by atoms with E-state index in [1.807, 2.05) is 0 Å². The average Bonchev–Trinajstić information content (AvgIpc) is 3.35. The number of ketones is 2. The average molecular weight is 514 g/mol. The normalized spacial score (nSPS) is 12.9. The molecule has 0 spiro atoms. The second-order valence-electron chi connectivity index (χ2n) is 7.81. The van der Waals surface area contributed by atoms with Gasteiger partial charge in [0.1, 0.15) is 6.33 Å². The Morgan fingerprint density at radius 1 is 1.17 bits per heavy atom. The van der Waals surface area contributed by atoms with Crippen LogP contribution in [-0.4, -0.2) is 59.9 Å². The van der Waals surface area contributed by atoms with Gasteiger partial charge in [0.25, 0.3) is 0 Å². The van der Waals surface area contributed by atoms with Crippen LogP contribution in [0.5, 0.6) is 0 Å². The minimum Gasteiger partial charge on any atom is -0.343 e. The van der Waals surface area contributed by atoms with Crippen molar-refractivity contribution < 1.29 is 18.6 Å². The number of amides is 1. The van der Waals surface area contributed by atoms with Crippen LogP contribution in [0.3, 0.4) is 0 Å². The fourth-order valence-corrected chi connectivity index (χ4v) is 4.05. The number of carbonyl (C=O) groups excluding carboxylic acids is 3. The molecular weight excluding hydrogens is 490 g/mol. The van der Waals surface area contributed by atoms with E-state index in [-0.39, 0.29) is 30.2 Å². The fraction of sp³-hybridized carbons (Fsp3) is 0.250. The lowest BCUT2D eigenvalue weighted by Gasteiger charge is -2.16. The van der Waals surface area contributed by atoms with Gasteiger partial charge >= 0.3 is 0 Å². The first-order valence-electron chi connectivity index (χ1n) is 10.7. The summed E-state index contributed by atoms with van der Waals surface area (Å²) in [5.41, 5.74) is 2.49. The number of carbonyl (C=O) groups is 3. The summed E-state index contributed by atoms with van der Waals surface area (Å²) in [6, 6.07) is 11.0. The molecule has 0 fully saturated rings. The lowest BCUT2D eigenvalue weighted by atomic mass is 10.00. The number of Topliss-reactive ketones (excluding diaryl/α,β-unsaturated/α-hetero) is 2. The number of hydrogen-bond acceptors (Lipinski definition) is 7. The number of nitrogens with one attached hydrogen (secondary N) is 1. The Labute approximate surface area is 210 Å². The van der Waals surface area contributed by atoms with Crippen molar-refractivity contribution in [2.75, 3.05) is 12.0 Å². The summed E-state index contributed by atoms with van der Waals surface area (Å²) in [7, 11) is -1.12. The number of benzene rings is 2. The highest BCUT2D eigenvalue weighted by Crippen LogP contribution is 2.20. The first-order valence-corrected chi connectivity index (χ1v) is 12.8. The fourth-order valence-electron chi connectivity index (χ4n) is 3.30. The molecule has 0 aliphatic heterocycles. The van der Waals surface area contributed by atoms with E-state index in [2.05, 4.69) is 20.8 Å². The van der Waals surface area contributed by atoms with Crippen LogP contribution in [-0.2, 0) is 26.8 Å². The van der Waals surface area contributed by atoms with Crippen LogP contribution in [0.25, 0.3) is 11.8 Å². The number of hydrogen-bond donors (Lipinski definition) is 1. The molecule has 2 aromatic carbocycles. The van der Waals surface area contributed by atoms with Crippen LogP contribution in [0.1, 0.15) is 34.8 Å². The Morgan fingerprint density at radius 3 is 2.54 bits per heavy atom. The van der Waals surface area contributed by atoms with E-state index in [4.69, 9.17) is 11.6 Å². The SMILES string of the molecule is CC(=O)c1ccc(CC(=O)[C@H](CCS(C)=O)NC(=O)/C=C/c2cc(Cl)ccc2-n2cnnn2)cc1. The van der Waals surface area contributed by atoms with Crippen LogP contribution in [0, 0.1) is 0 Å². The van der Waals surface area contributed by atoms with E-state index in [0.29, 0.717) is 21.8 Å². The van der Waals surface area contributed by atoms with Gasteiger partial charge in [0, 0.05) is 51.5 Å². The second kappa shape index (κ2) is 12.3. The quantitative estimate of drug-likeness (QED) is 0.308. The van der Waals surface area contributed by atoms with Gasteiger partial charge in [-0.2, -0.15) is 4.68 Å². The smallest absolute Gasteiger partial charge is 0.244 e. The van der Waals surface area contributed by atoms with E-state index in [9.17, 15) is 18.6 Å². The summed E-state index contributed by atoms with van der Waals surface area (Å²) in [4.78, 5) is 37.1. The van der Waals surface area contributed by atoms with Crippen molar-refractivity contribution in [2.45, 2.75) is 25.8 Å². The summed E-state index contributed by atoms with van der Waals surface area (Å²) in [6.07, 6.45) is 6.12. The molecule has 9 nitrogen and oxygen atoms in total. The van der Waals surface area contributed by atoms with Crippen molar-refractivity contribution in [1.29, 1.82) is 0 Å². The largest absolute Gasteiger partial charge is 0.343 e. The molecule has 1 heterocycles. The zero-order valence-corrected chi connectivity index (χ0v) is 20.8. The molecule has 11 heteroatoms. The minimum atomic E-state index is -1.12. The molecule has 0 radical (unpaired) electrons. The summed E-state index contributed by atoms with van der Waals surface area (Å²) < 4.78 is 13.1. The number of rotatable bonds is 11. The van der Waals surface area contributed by atoms with Crippen LogP contribution >= 0.6 is 11.6 Å². The maximum absolute atomic E-state index is 13.0. The van der Waals surface area contributed by atoms with Gasteiger partial charge in [0.05, 0.1) is 11.7 Å². The van der Waals surface area contributed by atoms with Crippen LogP contribution in [0.4, 0.5) is 0 Å². The van der Waals surface area contributed by atoms with Gasteiger partial charge in [0.15, 0.2) is 11.6 Å². The molecule has 0 bridgehead atoms. The Hall–Kier alpha value is -3.50. The maximum Gasteiger partial charge on any atom is 0.244 e. The Kier molecular flexibility index (Phi) is 9.16. The van der Waals surface area contributed by atoms with Gasteiger partial charge < -0.3 is 5.32 Å². The van der Waals surface area contributed by atoms with E-state index >= 15 is 0 Å². The van der Waals surface area contributed by atoms with Crippen molar-refractivity contribution in [3.63, 3.8) is 0 Å². The Bertz CT molecular complexity index is 1260. The predicted octanol–water partition coefficient (Wildman–Crippen LogP) is 2.60. The summed E-state index contributed by atoms with van der Waals surface area (Å²) in [5.74, 6) is -0.501. The molecule has 0 saturated heterocycles. The number of nitrogens with zero attached hydrogens (tertiary/aromatic N) is 4. The van der Waals surface area contributed by atoms with Gasteiger partial charge in [-0.3, -0.25) is 18.6 Å². The van der Waals surface area contributed by atoms with Crippen LogP contribution in [0.2, 0.25) is 5.02 Å². The standard InChI is InChI=1S/C24H24ClN5O4S/c1-16(31)18-5-3-17(4-6-18)13-23(32)21(11-12-35(2)34)27-24(33)10-7-19-14-20(25)8-9-22(19)30-15-26-28-29-30/h3-10,14-15,21H,11-13H2,1-2H3,(H,27,33)/b10-7+/t21-,35?/m0/s1. The molecule has 1 unspecified atom stereocenters. The molecule has 1 amide bonds. The molecule has 3 rings (SSSR count). The van der Waals surface area contributed by atoms with Crippen molar-refractivity contribution in [3.05, 3.63) is 76.6 Å². The van der Waals surface area contributed by atoms with Crippen molar-refractivity contribution >= 4 is 46.0 Å². The Morgan fingerprint density at radius 2 is 1.91 bits per heavy atom. The number of aromatic nitrogens is 4. The third-order valence-electron chi connectivity index (χ3n) is 5.14. The van der Waals surface area contributed by atoms with Crippen LogP contribution in [0.15, 0.2) is 54.9 Å². The molecule has 35 heavy (non-hydrogen) atoms. The van der Waals surface area contributed by atoms with Gasteiger partial charge in [-0.1, -0.05) is 35.9 Å². The highest BCUT2D eigenvalue weighted by Gasteiger charge is 2.21. The van der Waals surface area contributed by atoms with Crippen molar-refractivity contribution in [3.8, 4) is 5.69 Å². The zero-order chi connectivity index (χ0) is 25.4. The zero-order valence-electron chi connectivity index (χ0n) is 19.2. The third-order valence-corrected chi connectivity index (χ3v) is 6.18. The first-order chi connectivity index (χ1) is 16.7. The van der Waals surface area contributed by atoms with Crippen molar-refractivity contribution in [2.24, 2.45) is 0 Å². The molecule has 1 N–H and O–H groups in total. The summed E-state index contributed by atoms with van der Waals surface area (Å²) in [6.45, 7) is 1.47. The molecular formula is C24H24ClN5O4S. The highest BCUT2D eigenvalue weighted by molar-refractivity contribution is 7.84. The van der Waals surface area contributed by atoms with Crippen LogP contribution < -0.4 is 5.32 Å². The van der Waals surface area contributed by atoms with Gasteiger partial charge in [-0.15, -0.1) is 5.10 Å². The minimum absolute atomic E-state index is 0.0619. The molecule has 0 aliphatic rings. The molecule has 182 valence electrons. The third kappa shape index (κ3) is 7.76. The maximum atomic E-state index is 13.0. The van der Waals surface area contributed by atoms with E-state index < -0.39 is 22.7 Å². The number of halogens is 1. The van der Waals surface area contributed by atoms with Gasteiger partial charge in [-0.05, 0) is 53.6 Å². The lowest BCUT2D eigenvalue weighted by molar-refractivity contribution is -0.125. The molecule has 2 atom stereocenters. The lowest BCUT2D eigenvalue weighted by Crippen LogP contribution is -2.41. The monoisotopic (exact) mass is 513 g/mol. The second-order valence-corrected chi connectivity index (χ2v) is 9.81. The van der Waals surface area contributed by atoms with Gasteiger partial charge in [-0.25, -0.2) is 0 Å². The topological polar surface area (TPSA) is 124 Å². The van der Waals surface area contributed by atoms with Crippen molar-refractivity contribution in [1.82, 2.24) is 25.5 Å². The van der Waals surface area contributed by atoms with Gasteiger partial charge in [0.2, 0.25) is 5.91 Å².